The van der Waals surface area contributed by atoms with E-state index in [4.69, 9.17) is 19.7 Å². The topological polar surface area (TPSA) is 96.7 Å². The Morgan fingerprint density at radius 1 is 1.21 bits per heavy atom. The maximum atomic E-state index is 9.36. The van der Waals surface area contributed by atoms with Gasteiger partial charge in [-0.2, -0.15) is 0 Å². The molecule has 104 valence electrons. The first kappa shape index (κ1) is 14.9. The Morgan fingerprint density at radius 2 is 1.79 bits per heavy atom. The molecule has 7 heteroatoms. The van der Waals surface area contributed by atoms with E-state index in [1.165, 1.54) is 21.3 Å². The molecule has 0 aliphatic rings. The lowest BCUT2D eigenvalue weighted by atomic mass is 9.99. The van der Waals surface area contributed by atoms with Gasteiger partial charge in [-0.3, -0.25) is 0 Å². The molecule has 0 aliphatic carbocycles. The van der Waals surface area contributed by atoms with E-state index >= 15 is 0 Å². The molecule has 1 aromatic carbocycles. The van der Waals surface area contributed by atoms with E-state index in [1.54, 1.807) is 12.1 Å². The van der Waals surface area contributed by atoms with Gasteiger partial charge in [0.1, 0.15) is 0 Å². The molecule has 0 radical (unpaired) electrons. The van der Waals surface area contributed by atoms with Crippen LogP contribution in [0.4, 0.5) is 0 Å². The van der Waals surface area contributed by atoms with Gasteiger partial charge in [0.15, 0.2) is 11.5 Å². The fraction of sp³-hybridized carbons (Fsp3) is 0.500. The number of rotatable bonds is 7. The van der Waals surface area contributed by atoms with Gasteiger partial charge in [0.2, 0.25) is 5.75 Å². The van der Waals surface area contributed by atoms with Gasteiger partial charge in [-0.15, -0.1) is 0 Å². The fourth-order valence-electron chi connectivity index (χ4n) is 1.74. The van der Waals surface area contributed by atoms with Gasteiger partial charge in [-0.1, -0.05) is 5.11 Å². The molecular formula is C12H17N3O4. The zero-order chi connectivity index (χ0) is 14.3. The van der Waals surface area contributed by atoms with Crippen LogP contribution in [0.15, 0.2) is 17.2 Å². The van der Waals surface area contributed by atoms with E-state index < -0.39 is 0 Å². The summed E-state index contributed by atoms with van der Waals surface area (Å²) in [6.45, 7) is 0.0172. The van der Waals surface area contributed by atoms with Gasteiger partial charge in [-0.05, 0) is 23.2 Å². The summed E-state index contributed by atoms with van der Waals surface area (Å²) in [5.74, 6) is 1.16. The third kappa shape index (κ3) is 3.43. The third-order valence-corrected chi connectivity index (χ3v) is 2.74. The van der Waals surface area contributed by atoms with Crippen LogP contribution < -0.4 is 14.2 Å². The zero-order valence-electron chi connectivity index (χ0n) is 11.2. The summed E-state index contributed by atoms with van der Waals surface area (Å²) < 4.78 is 15.7. The molecule has 0 aliphatic heterocycles. The van der Waals surface area contributed by atoms with Gasteiger partial charge in [0.25, 0.3) is 0 Å². The molecule has 0 amide bonds. The Hall–Kier alpha value is -2.11. The largest absolute Gasteiger partial charge is 0.493 e. The SMILES string of the molecule is COc1cc([C@@H](CO)CN=[N+]=[N-])cc(OC)c1OC. The van der Waals surface area contributed by atoms with E-state index in [1.807, 2.05) is 0 Å². The Balaban J connectivity index is 3.23. The second-order valence-corrected chi connectivity index (χ2v) is 3.75. The summed E-state index contributed by atoms with van der Waals surface area (Å²) in [5.41, 5.74) is 9.10. The van der Waals surface area contributed by atoms with Crippen LogP contribution >= 0.6 is 0 Å². The average molecular weight is 267 g/mol. The van der Waals surface area contributed by atoms with E-state index in [9.17, 15) is 5.11 Å². The van der Waals surface area contributed by atoms with Gasteiger partial charge < -0.3 is 19.3 Å². The van der Waals surface area contributed by atoms with Crippen molar-refractivity contribution in [1.82, 2.24) is 0 Å². The molecule has 0 saturated heterocycles. The van der Waals surface area contributed by atoms with Crippen molar-refractivity contribution in [3.63, 3.8) is 0 Å². The molecule has 19 heavy (non-hydrogen) atoms. The van der Waals surface area contributed by atoms with E-state index in [0.717, 1.165) is 5.56 Å². The maximum absolute atomic E-state index is 9.36. The number of nitrogens with zero attached hydrogens (tertiary/aromatic N) is 3. The first-order valence-corrected chi connectivity index (χ1v) is 5.63. The van der Waals surface area contributed by atoms with Crippen LogP contribution in [-0.4, -0.2) is 39.6 Å². The van der Waals surface area contributed by atoms with Crippen LogP contribution in [0, 0.1) is 0 Å². The lowest BCUT2D eigenvalue weighted by Gasteiger charge is -2.17. The van der Waals surface area contributed by atoms with Crippen molar-refractivity contribution in [3.8, 4) is 17.2 Å². The van der Waals surface area contributed by atoms with Crippen molar-refractivity contribution < 1.29 is 19.3 Å². The summed E-state index contributed by atoms with van der Waals surface area (Å²) in [4.78, 5) is 2.69. The molecule has 1 rings (SSSR count). The Labute approximate surface area is 111 Å². The van der Waals surface area contributed by atoms with Crippen molar-refractivity contribution in [2.24, 2.45) is 5.11 Å². The van der Waals surface area contributed by atoms with Gasteiger partial charge in [-0.25, -0.2) is 0 Å². The van der Waals surface area contributed by atoms with Crippen molar-refractivity contribution in [1.29, 1.82) is 0 Å². The highest BCUT2D eigenvalue weighted by Crippen LogP contribution is 2.40. The van der Waals surface area contributed by atoms with Crippen LogP contribution in [0.3, 0.4) is 0 Å². The number of ether oxygens (including phenoxy) is 3. The molecular weight excluding hydrogens is 250 g/mol. The summed E-state index contributed by atoms with van der Waals surface area (Å²) in [5, 5.41) is 12.8. The smallest absolute Gasteiger partial charge is 0.203 e. The second kappa shape index (κ2) is 7.35. The predicted octanol–water partition coefficient (Wildman–Crippen LogP) is 2.10. The predicted molar refractivity (Wildman–Crippen MR) is 69.9 cm³/mol. The minimum atomic E-state index is -0.315. The quantitative estimate of drug-likeness (QED) is 0.464. The van der Waals surface area contributed by atoms with Crippen LogP contribution in [0.25, 0.3) is 10.4 Å². The number of aliphatic hydroxyl groups is 1. The second-order valence-electron chi connectivity index (χ2n) is 3.75. The van der Waals surface area contributed by atoms with E-state index in [2.05, 4.69) is 10.0 Å². The van der Waals surface area contributed by atoms with Crippen molar-refractivity contribution in [2.45, 2.75) is 5.92 Å². The lowest BCUT2D eigenvalue weighted by Crippen LogP contribution is -2.08. The summed E-state index contributed by atoms with van der Waals surface area (Å²) in [7, 11) is 4.55. The molecule has 0 heterocycles. The molecule has 0 aromatic heterocycles. The van der Waals surface area contributed by atoms with Gasteiger partial charge >= 0.3 is 0 Å². The van der Waals surface area contributed by atoms with Gasteiger partial charge in [0, 0.05) is 17.4 Å². The van der Waals surface area contributed by atoms with Crippen molar-refractivity contribution in [2.75, 3.05) is 34.5 Å². The number of azide groups is 1. The molecule has 0 spiro atoms. The number of hydrogen-bond acceptors (Lipinski definition) is 5. The van der Waals surface area contributed by atoms with E-state index in [-0.39, 0.29) is 19.1 Å². The number of methoxy groups -OCH3 is 3. The minimum absolute atomic E-state index is 0.141. The molecule has 1 aromatic rings. The van der Waals surface area contributed by atoms with E-state index in [0.29, 0.717) is 17.2 Å². The summed E-state index contributed by atoms with van der Waals surface area (Å²) in [6.07, 6.45) is 0. The summed E-state index contributed by atoms with van der Waals surface area (Å²) in [6, 6.07) is 3.46. The van der Waals surface area contributed by atoms with Crippen LogP contribution in [0.2, 0.25) is 0 Å². The van der Waals surface area contributed by atoms with Crippen LogP contribution in [0.1, 0.15) is 11.5 Å². The van der Waals surface area contributed by atoms with Crippen molar-refractivity contribution >= 4 is 0 Å². The normalized spacial score (nSPS) is 11.4. The first-order valence-electron chi connectivity index (χ1n) is 5.63. The lowest BCUT2D eigenvalue weighted by molar-refractivity contribution is 0.266. The summed E-state index contributed by atoms with van der Waals surface area (Å²) >= 11 is 0. The minimum Gasteiger partial charge on any atom is -0.493 e. The van der Waals surface area contributed by atoms with Crippen LogP contribution in [-0.2, 0) is 0 Å². The van der Waals surface area contributed by atoms with Crippen LogP contribution in [0.5, 0.6) is 17.2 Å². The highest BCUT2D eigenvalue weighted by atomic mass is 16.5. The highest BCUT2D eigenvalue weighted by Gasteiger charge is 2.17. The number of benzene rings is 1. The standard InChI is InChI=1S/C12H17N3O4/c1-17-10-4-8(9(7-16)6-14-15-13)5-11(18-2)12(10)19-3/h4-5,9,16H,6-7H2,1-3H3/t9-/m1/s1. The average Bonchev–Trinajstić information content (AvgIpc) is 2.46. The first-order chi connectivity index (χ1) is 9.21. The molecule has 0 saturated carbocycles. The molecule has 1 atom stereocenters. The fourth-order valence-corrected chi connectivity index (χ4v) is 1.74. The molecule has 1 N–H and O–H groups in total. The molecule has 7 nitrogen and oxygen atoms in total. The Bertz CT molecular complexity index is 447. The molecule has 0 unspecified atom stereocenters. The highest BCUT2D eigenvalue weighted by molar-refractivity contribution is 5.54. The molecule has 0 fully saturated rings. The third-order valence-electron chi connectivity index (χ3n) is 2.74. The number of aliphatic hydroxyl groups excluding tert-OH is 1. The zero-order valence-corrected chi connectivity index (χ0v) is 11.2. The van der Waals surface area contributed by atoms with Crippen molar-refractivity contribution in [3.05, 3.63) is 28.1 Å². The number of hydrogen-bond donors (Lipinski definition) is 1. The maximum Gasteiger partial charge on any atom is 0.203 e. The monoisotopic (exact) mass is 267 g/mol. The van der Waals surface area contributed by atoms with Gasteiger partial charge in [0.05, 0.1) is 27.9 Å². The Morgan fingerprint density at radius 3 is 2.16 bits per heavy atom. The Kier molecular flexibility index (Phi) is 5.78. The molecule has 0 bridgehead atoms.